The standard InChI is InChI=1S/C25H35NO2S/c1-6-26(7-2)23(28)18-25(4,5)17-22(27)24-21(15-16-29-24)10-8-9-20-13-11-19(3)12-14-20/h11-16H,6-10,17-18H2,1-5H3. The van der Waals surface area contributed by atoms with Crippen LogP contribution in [-0.2, 0) is 17.6 Å². The van der Waals surface area contributed by atoms with Crippen LogP contribution in [0.2, 0.25) is 0 Å². The molecule has 0 N–H and O–H groups in total. The molecule has 4 heteroatoms. The molecule has 1 aromatic heterocycles. The SMILES string of the molecule is CCN(CC)C(=O)CC(C)(C)CC(=O)c1sccc1CCCc1ccc(C)cc1. The topological polar surface area (TPSA) is 37.4 Å². The highest BCUT2D eigenvalue weighted by Crippen LogP contribution is 2.31. The van der Waals surface area contributed by atoms with Gasteiger partial charge in [0, 0.05) is 25.9 Å². The van der Waals surface area contributed by atoms with E-state index in [0.29, 0.717) is 12.8 Å². The smallest absolute Gasteiger partial charge is 0.223 e. The first-order valence-electron chi connectivity index (χ1n) is 10.7. The van der Waals surface area contributed by atoms with E-state index in [-0.39, 0.29) is 17.1 Å². The van der Waals surface area contributed by atoms with Gasteiger partial charge in [-0.1, -0.05) is 43.7 Å². The Hall–Kier alpha value is -1.94. The lowest BCUT2D eigenvalue weighted by molar-refractivity contribution is -0.132. The van der Waals surface area contributed by atoms with E-state index in [2.05, 4.69) is 37.3 Å². The van der Waals surface area contributed by atoms with Crippen molar-refractivity contribution < 1.29 is 9.59 Å². The van der Waals surface area contributed by atoms with Crippen LogP contribution in [0.15, 0.2) is 35.7 Å². The third-order valence-electron chi connectivity index (χ3n) is 5.42. The quantitative estimate of drug-likeness (QED) is 0.418. The first-order chi connectivity index (χ1) is 13.8. The van der Waals surface area contributed by atoms with Crippen molar-refractivity contribution in [3.63, 3.8) is 0 Å². The van der Waals surface area contributed by atoms with Gasteiger partial charge in [0.05, 0.1) is 4.88 Å². The van der Waals surface area contributed by atoms with Crippen molar-refractivity contribution in [2.24, 2.45) is 5.41 Å². The van der Waals surface area contributed by atoms with Crippen molar-refractivity contribution in [3.05, 3.63) is 57.3 Å². The van der Waals surface area contributed by atoms with Gasteiger partial charge in [-0.3, -0.25) is 9.59 Å². The zero-order valence-corrected chi connectivity index (χ0v) is 19.4. The maximum absolute atomic E-state index is 13.0. The predicted molar refractivity (Wildman–Crippen MR) is 123 cm³/mol. The predicted octanol–water partition coefficient (Wildman–Crippen LogP) is 6.09. The highest BCUT2D eigenvalue weighted by molar-refractivity contribution is 7.12. The number of rotatable bonds is 11. The minimum absolute atomic E-state index is 0.136. The van der Waals surface area contributed by atoms with Crippen LogP contribution in [-0.4, -0.2) is 29.7 Å². The van der Waals surface area contributed by atoms with Gasteiger partial charge in [0.2, 0.25) is 5.91 Å². The van der Waals surface area contributed by atoms with Crippen molar-refractivity contribution in [3.8, 4) is 0 Å². The third kappa shape index (κ3) is 7.11. The molecule has 0 atom stereocenters. The van der Waals surface area contributed by atoms with E-state index in [1.807, 2.05) is 38.0 Å². The first-order valence-corrected chi connectivity index (χ1v) is 11.6. The van der Waals surface area contributed by atoms with E-state index in [0.717, 1.165) is 42.8 Å². The summed E-state index contributed by atoms with van der Waals surface area (Å²) >= 11 is 1.54. The molecule has 0 aliphatic rings. The number of carbonyl (C=O) groups is 2. The number of thiophene rings is 1. The number of amides is 1. The van der Waals surface area contributed by atoms with Crippen LogP contribution >= 0.6 is 11.3 Å². The van der Waals surface area contributed by atoms with E-state index in [4.69, 9.17) is 0 Å². The maximum atomic E-state index is 13.0. The lowest BCUT2D eigenvalue weighted by atomic mass is 9.82. The number of nitrogens with zero attached hydrogens (tertiary/aromatic N) is 1. The lowest BCUT2D eigenvalue weighted by Gasteiger charge is -2.27. The van der Waals surface area contributed by atoms with Gasteiger partial charge in [0.1, 0.15) is 0 Å². The summed E-state index contributed by atoms with van der Waals surface area (Å²) in [6, 6.07) is 10.8. The number of Topliss-reactive ketones (excluding diaryl/α,β-unsaturated/α-hetero) is 1. The molecule has 0 aliphatic heterocycles. The van der Waals surface area contributed by atoms with Crippen LogP contribution in [0.1, 0.15) is 73.3 Å². The van der Waals surface area contributed by atoms with Crippen LogP contribution in [0.25, 0.3) is 0 Å². The second-order valence-electron chi connectivity index (χ2n) is 8.62. The fourth-order valence-corrected chi connectivity index (χ4v) is 4.58. The molecule has 0 saturated heterocycles. The molecule has 0 aliphatic carbocycles. The summed E-state index contributed by atoms with van der Waals surface area (Å²) in [5.74, 6) is 0.306. The average molecular weight is 414 g/mol. The third-order valence-corrected chi connectivity index (χ3v) is 6.41. The Morgan fingerprint density at radius 2 is 1.62 bits per heavy atom. The van der Waals surface area contributed by atoms with Gasteiger partial charge in [-0.25, -0.2) is 0 Å². The molecule has 3 nitrogen and oxygen atoms in total. The van der Waals surface area contributed by atoms with Crippen LogP contribution in [0.5, 0.6) is 0 Å². The second kappa shape index (κ2) is 10.7. The molecule has 0 radical (unpaired) electrons. The van der Waals surface area contributed by atoms with Gasteiger partial charge in [-0.15, -0.1) is 11.3 Å². The monoisotopic (exact) mass is 413 g/mol. The molecule has 158 valence electrons. The van der Waals surface area contributed by atoms with E-state index in [1.165, 1.54) is 22.5 Å². The summed E-state index contributed by atoms with van der Waals surface area (Å²) in [6.07, 6.45) is 3.79. The highest BCUT2D eigenvalue weighted by atomic mass is 32.1. The average Bonchev–Trinajstić information content (AvgIpc) is 3.12. The number of hydrogen-bond donors (Lipinski definition) is 0. The fourth-order valence-electron chi connectivity index (χ4n) is 3.69. The van der Waals surface area contributed by atoms with Crippen molar-refractivity contribution in [2.75, 3.05) is 13.1 Å². The molecular weight excluding hydrogens is 378 g/mol. The lowest BCUT2D eigenvalue weighted by Crippen LogP contribution is -2.34. The van der Waals surface area contributed by atoms with Crippen molar-refractivity contribution in [1.29, 1.82) is 0 Å². The molecule has 1 heterocycles. The Kier molecular flexibility index (Phi) is 8.63. The largest absolute Gasteiger partial charge is 0.343 e. The number of ketones is 1. The van der Waals surface area contributed by atoms with E-state index in [1.54, 1.807) is 0 Å². The molecule has 2 rings (SSSR count). The number of hydrogen-bond acceptors (Lipinski definition) is 3. The Labute approximate surface area is 180 Å². The van der Waals surface area contributed by atoms with Gasteiger partial charge in [0.25, 0.3) is 0 Å². The Balaban J connectivity index is 1.93. The molecule has 0 saturated carbocycles. The molecule has 0 fully saturated rings. The van der Waals surface area contributed by atoms with E-state index < -0.39 is 0 Å². The zero-order chi connectivity index (χ0) is 21.4. The molecule has 2 aromatic rings. The summed E-state index contributed by atoms with van der Waals surface area (Å²) in [5, 5.41) is 2.02. The van der Waals surface area contributed by atoms with Gasteiger partial charge >= 0.3 is 0 Å². The molecular formula is C25H35NO2S. The van der Waals surface area contributed by atoms with Crippen LogP contribution in [0.4, 0.5) is 0 Å². The van der Waals surface area contributed by atoms with Crippen molar-refractivity contribution >= 4 is 23.0 Å². The van der Waals surface area contributed by atoms with Gasteiger partial charge in [-0.2, -0.15) is 0 Å². The number of carbonyl (C=O) groups excluding carboxylic acids is 2. The summed E-state index contributed by atoms with van der Waals surface area (Å²) in [7, 11) is 0. The maximum Gasteiger partial charge on any atom is 0.223 e. The number of aryl methyl sites for hydroxylation is 3. The molecule has 29 heavy (non-hydrogen) atoms. The summed E-state index contributed by atoms with van der Waals surface area (Å²) in [4.78, 5) is 28.2. The van der Waals surface area contributed by atoms with Crippen molar-refractivity contribution in [1.82, 2.24) is 4.90 Å². The number of benzene rings is 1. The highest BCUT2D eigenvalue weighted by Gasteiger charge is 2.28. The molecule has 0 spiro atoms. The summed E-state index contributed by atoms with van der Waals surface area (Å²) in [5.41, 5.74) is 3.44. The fraction of sp³-hybridized carbons (Fsp3) is 0.520. The Bertz CT molecular complexity index is 800. The summed E-state index contributed by atoms with van der Waals surface area (Å²) < 4.78 is 0. The van der Waals surface area contributed by atoms with Gasteiger partial charge in [0.15, 0.2) is 5.78 Å². The van der Waals surface area contributed by atoms with Crippen molar-refractivity contribution in [2.45, 2.75) is 66.7 Å². The van der Waals surface area contributed by atoms with Crippen LogP contribution in [0.3, 0.4) is 0 Å². The van der Waals surface area contributed by atoms with Crippen LogP contribution < -0.4 is 0 Å². The minimum Gasteiger partial charge on any atom is -0.343 e. The molecule has 1 amide bonds. The second-order valence-corrected chi connectivity index (χ2v) is 9.54. The minimum atomic E-state index is -0.333. The molecule has 1 aromatic carbocycles. The Morgan fingerprint density at radius 3 is 2.24 bits per heavy atom. The van der Waals surface area contributed by atoms with Crippen LogP contribution in [0, 0.1) is 12.3 Å². The molecule has 0 bridgehead atoms. The summed E-state index contributed by atoms with van der Waals surface area (Å²) in [6.45, 7) is 11.6. The van der Waals surface area contributed by atoms with Gasteiger partial charge in [-0.05, 0) is 68.0 Å². The first kappa shape index (κ1) is 23.3. The van der Waals surface area contributed by atoms with E-state index in [9.17, 15) is 9.59 Å². The zero-order valence-electron chi connectivity index (χ0n) is 18.6. The molecule has 0 unspecified atom stereocenters. The Morgan fingerprint density at radius 1 is 0.966 bits per heavy atom. The van der Waals surface area contributed by atoms with Gasteiger partial charge < -0.3 is 4.90 Å². The normalized spacial score (nSPS) is 11.5. The van der Waals surface area contributed by atoms with E-state index >= 15 is 0 Å².